The van der Waals surface area contributed by atoms with E-state index in [9.17, 15) is 13.2 Å². The summed E-state index contributed by atoms with van der Waals surface area (Å²) >= 11 is 0. The Morgan fingerprint density at radius 1 is 1.27 bits per heavy atom. The summed E-state index contributed by atoms with van der Waals surface area (Å²) in [5.41, 5.74) is 1.35. The highest BCUT2D eigenvalue weighted by atomic mass is 32.2. The average Bonchev–Trinajstić information content (AvgIpc) is 3.15. The molecular formula is C17H21N5O3S. The topological polar surface area (TPSA) is 97.2 Å². The Morgan fingerprint density at radius 3 is 2.96 bits per heavy atom. The molecule has 138 valence electrons. The molecule has 1 amide bonds. The number of hydrogen-bond donors (Lipinski definition) is 1. The molecule has 1 saturated heterocycles. The van der Waals surface area contributed by atoms with Gasteiger partial charge in [-0.2, -0.15) is 4.31 Å². The van der Waals surface area contributed by atoms with Crippen LogP contribution in [0.15, 0.2) is 35.5 Å². The van der Waals surface area contributed by atoms with Gasteiger partial charge in [0.25, 0.3) is 5.91 Å². The fourth-order valence-electron chi connectivity index (χ4n) is 3.71. The molecule has 1 N–H and O–H groups in total. The number of carbonyl (C=O) groups excluding carboxylic acids is 1. The Hall–Kier alpha value is -2.26. The molecule has 2 aromatic rings. The minimum atomic E-state index is -3.68. The maximum atomic E-state index is 13.3. The second kappa shape index (κ2) is 6.81. The van der Waals surface area contributed by atoms with Crippen molar-refractivity contribution in [2.75, 3.05) is 13.1 Å². The molecule has 1 aromatic heterocycles. The number of hydrogen-bond acceptors (Lipinski definition) is 5. The number of amides is 1. The predicted molar refractivity (Wildman–Crippen MR) is 94.0 cm³/mol. The van der Waals surface area contributed by atoms with Gasteiger partial charge in [0.1, 0.15) is 0 Å². The molecule has 0 radical (unpaired) electrons. The zero-order valence-corrected chi connectivity index (χ0v) is 15.2. The molecule has 2 aliphatic rings. The van der Waals surface area contributed by atoms with Crippen LogP contribution in [0.25, 0.3) is 0 Å². The van der Waals surface area contributed by atoms with Gasteiger partial charge in [-0.3, -0.25) is 9.48 Å². The third kappa shape index (κ3) is 3.12. The van der Waals surface area contributed by atoms with E-state index in [-0.39, 0.29) is 16.8 Å². The standard InChI is InChI=1S/C17H21N5O3S/c23-17-16-11-15(5-4-13(16)6-7-18-17)26(24,25)22-9-2-1-3-14(22)12-21-10-8-19-20-21/h4-5,8,10-11,14H,1-3,6-7,9,12H2,(H,18,23)/t14-/m1/s1. The van der Waals surface area contributed by atoms with E-state index in [4.69, 9.17) is 0 Å². The van der Waals surface area contributed by atoms with Crippen LogP contribution in [0, 0.1) is 0 Å². The molecule has 2 aliphatic heterocycles. The van der Waals surface area contributed by atoms with Crippen LogP contribution in [0.3, 0.4) is 0 Å². The SMILES string of the molecule is O=C1NCCc2ccc(S(=O)(=O)N3CCCC[C@@H]3Cn3ccnn3)cc21. The fraction of sp³-hybridized carbons (Fsp3) is 0.471. The first-order chi connectivity index (χ1) is 12.6. The van der Waals surface area contributed by atoms with Crippen LogP contribution in [0.1, 0.15) is 35.2 Å². The summed E-state index contributed by atoms with van der Waals surface area (Å²) in [5, 5.41) is 10.5. The molecule has 0 saturated carbocycles. The summed E-state index contributed by atoms with van der Waals surface area (Å²) in [6.07, 6.45) is 6.65. The lowest BCUT2D eigenvalue weighted by atomic mass is 10.0. The number of fused-ring (bicyclic) bond motifs is 1. The smallest absolute Gasteiger partial charge is 0.251 e. The van der Waals surface area contributed by atoms with E-state index in [0.717, 1.165) is 31.2 Å². The number of carbonyl (C=O) groups is 1. The summed E-state index contributed by atoms with van der Waals surface area (Å²) in [4.78, 5) is 12.3. The zero-order valence-electron chi connectivity index (χ0n) is 14.3. The van der Waals surface area contributed by atoms with Crippen LogP contribution in [-0.2, 0) is 23.0 Å². The van der Waals surface area contributed by atoms with Crippen molar-refractivity contribution in [1.29, 1.82) is 0 Å². The lowest BCUT2D eigenvalue weighted by Gasteiger charge is -2.34. The van der Waals surface area contributed by atoms with Crippen molar-refractivity contribution in [1.82, 2.24) is 24.6 Å². The van der Waals surface area contributed by atoms with Gasteiger partial charge in [-0.1, -0.05) is 17.7 Å². The van der Waals surface area contributed by atoms with Crippen molar-refractivity contribution in [2.24, 2.45) is 0 Å². The van der Waals surface area contributed by atoms with E-state index >= 15 is 0 Å². The molecule has 0 aliphatic carbocycles. The molecule has 9 heteroatoms. The van der Waals surface area contributed by atoms with Crippen molar-refractivity contribution in [3.8, 4) is 0 Å². The molecule has 0 spiro atoms. The summed E-state index contributed by atoms with van der Waals surface area (Å²) in [6.45, 7) is 1.54. The quantitative estimate of drug-likeness (QED) is 0.853. The van der Waals surface area contributed by atoms with Crippen molar-refractivity contribution in [3.05, 3.63) is 41.7 Å². The Balaban J connectivity index is 1.66. The van der Waals surface area contributed by atoms with E-state index in [0.29, 0.717) is 25.2 Å². The van der Waals surface area contributed by atoms with E-state index in [2.05, 4.69) is 15.6 Å². The summed E-state index contributed by atoms with van der Waals surface area (Å²) in [5.74, 6) is -0.207. The van der Waals surface area contributed by atoms with Gasteiger partial charge in [0.15, 0.2) is 0 Å². The van der Waals surface area contributed by atoms with E-state index < -0.39 is 10.0 Å². The second-order valence-corrected chi connectivity index (χ2v) is 8.61. The van der Waals surface area contributed by atoms with Crippen LogP contribution in [-0.4, -0.2) is 52.8 Å². The van der Waals surface area contributed by atoms with Gasteiger partial charge in [0, 0.05) is 30.9 Å². The van der Waals surface area contributed by atoms with E-state index in [1.54, 1.807) is 33.5 Å². The highest BCUT2D eigenvalue weighted by Gasteiger charge is 2.34. The molecule has 8 nitrogen and oxygen atoms in total. The number of benzene rings is 1. The zero-order chi connectivity index (χ0) is 18.1. The fourth-order valence-corrected chi connectivity index (χ4v) is 5.42. The van der Waals surface area contributed by atoms with Crippen LogP contribution < -0.4 is 5.32 Å². The molecule has 0 unspecified atom stereocenters. The maximum absolute atomic E-state index is 13.3. The Labute approximate surface area is 152 Å². The predicted octanol–water partition coefficient (Wildman–Crippen LogP) is 0.807. The molecule has 0 bridgehead atoms. The molecule has 3 heterocycles. The number of nitrogens with zero attached hydrogens (tertiary/aromatic N) is 4. The average molecular weight is 375 g/mol. The summed E-state index contributed by atoms with van der Waals surface area (Å²) < 4.78 is 29.8. The van der Waals surface area contributed by atoms with Crippen LogP contribution in [0.5, 0.6) is 0 Å². The molecule has 26 heavy (non-hydrogen) atoms. The number of nitrogens with one attached hydrogen (secondary N) is 1. The van der Waals surface area contributed by atoms with E-state index in [1.807, 2.05) is 0 Å². The Kier molecular flexibility index (Phi) is 4.49. The van der Waals surface area contributed by atoms with Gasteiger partial charge >= 0.3 is 0 Å². The minimum absolute atomic E-state index is 0.166. The van der Waals surface area contributed by atoms with Gasteiger partial charge in [0.05, 0.1) is 17.6 Å². The third-order valence-corrected chi connectivity index (χ3v) is 7.00. The van der Waals surface area contributed by atoms with E-state index in [1.165, 1.54) is 6.07 Å². The largest absolute Gasteiger partial charge is 0.352 e. The van der Waals surface area contributed by atoms with Gasteiger partial charge in [0.2, 0.25) is 10.0 Å². The normalized spacial score (nSPS) is 21.2. The second-order valence-electron chi connectivity index (χ2n) is 6.72. The first-order valence-corrected chi connectivity index (χ1v) is 10.3. The molecule has 1 fully saturated rings. The van der Waals surface area contributed by atoms with Gasteiger partial charge < -0.3 is 5.32 Å². The van der Waals surface area contributed by atoms with Crippen LogP contribution >= 0.6 is 0 Å². The highest BCUT2D eigenvalue weighted by Crippen LogP contribution is 2.28. The lowest BCUT2D eigenvalue weighted by Crippen LogP contribution is -2.46. The lowest BCUT2D eigenvalue weighted by molar-refractivity contribution is 0.0945. The first kappa shape index (κ1) is 17.2. The monoisotopic (exact) mass is 375 g/mol. The summed E-state index contributed by atoms with van der Waals surface area (Å²) in [6, 6.07) is 4.73. The van der Waals surface area contributed by atoms with Crippen molar-refractivity contribution < 1.29 is 13.2 Å². The van der Waals surface area contributed by atoms with Crippen LogP contribution in [0.4, 0.5) is 0 Å². The third-order valence-electron chi connectivity index (χ3n) is 5.06. The number of aromatic nitrogens is 3. The van der Waals surface area contributed by atoms with Crippen molar-refractivity contribution in [3.63, 3.8) is 0 Å². The van der Waals surface area contributed by atoms with Crippen molar-refractivity contribution >= 4 is 15.9 Å². The molecule has 1 atom stereocenters. The number of rotatable bonds is 4. The van der Waals surface area contributed by atoms with Gasteiger partial charge in [-0.05, 0) is 37.0 Å². The Bertz CT molecular complexity index is 910. The summed E-state index contributed by atoms with van der Waals surface area (Å²) in [7, 11) is -3.68. The van der Waals surface area contributed by atoms with Crippen molar-refractivity contribution in [2.45, 2.75) is 43.2 Å². The highest BCUT2D eigenvalue weighted by molar-refractivity contribution is 7.89. The molecule has 1 aromatic carbocycles. The Morgan fingerprint density at radius 2 is 2.15 bits per heavy atom. The first-order valence-electron chi connectivity index (χ1n) is 8.83. The van der Waals surface area contributed by atoms with Gasteiger partial charge in [-0.25, -0.2) is 8.42 Å². The van der Waals surface area contributed by atoms with Crippen LogP contribution in [0.2, 0.25) is 0 Å². The number of piperidine rings is 1. The molecular weight excluding hydrogens is 354 g/mol. The maximum Gasteiger partial charge on any atom is 0.251 e. The number of sulfonamides is 1. The minimum Gasteiger partial charge on any atom is -0.352 e. The molecule has 4 rings (SSSR count). The van der Waals surface area contributed by atoms with Gasteiger partial charge in [-0.15, -0.1) is 5.10 Å².